The van der Waals surface area contributed by atoms with E-state index in [0.717, 1.165) is 26.9 Å². The van der Waals surface area contributed by atoms with Crippen molar-refractivity contribution in [2.24, 2.45) is 0 Å². The molecule has 0 radical (unpaired) electrons. The molecule has 144 valence electrons. The number of nitrogens with one attached hydrogen (secondary N) is 1. The highest BCUT2D eigenvalue weighted by Gasteiger charge is 2.19. The van der Waals surface area contributed by atoms with E-state index in [-0.39, 0.29) is 11.7 Å². The second kappa shape index (κ2) is 8.01. The molecule has 0 spiro atoms. The van der Waals surface area contributed by atoms with Gasteiger partial charge in [0.2, 0.25) is 5.82 Å². The predicted octanol–water partition coefficient (Wildman–Crippen LogP) is 5.57. The van der Waals surface area contributed by atoms with Gasteiger partial charge in [-0.15, -0.1) is 5.10 Å². The number of amides is 1. The van der Waals surface area contributed by atoms with Gasteiger partial charge in [0.1, 0.15) is 0 Å². The monoisotopic (exact) mass is 446 g/mol. The summed E-state index contributed by atoms with van der Waals surface area (Å²) in [4.78, 5) is 17.3. The van der Waals surface area contributed by atoms with Crippen LogP contribution in [0.4, 0.5) is 5.69 Å². The fraction of sp³-hybridized carbons (Fsp3) is 0.0870. The van der Waals surface area contributed by atoms with E-state index in [1.807, 2.05) is 86.6 Å². The third-order valence-corrected chi connectivity index (χ3v) is 5.00. The molecule has 6 heteroatoms. The van der Waals surface area contributed by atoms with E-state index in [2.05, 4.69) is 31.3 Å². The molecule has 0 unspecified atom stereocenters. The molecule has 3 aromatic carbocycles. The summed E-state index contributed by atoms with van der Waals surface area (Å²) in [5.41, 5.74) is 4.66. The number of carbonyl (C=O) groups is 1. The van der Waals surface area contributed by atoms with Crippen LogP contribution < -0.4 is 5.32 Å². The number of nitrogens with zero attached hydrogens (tertiary/aromatic N) is 3. The Hall–Kier alpha value is -3.25. The average molecular weight is 447 g/mol. The van der Waals surface area contributed by atoms with Crippen LogP contribution in [0.5, 0.6) is 0 Å². The van der Waals surface area contributed by atoms with Crippen LogP contribution in [-0.2, 0) is 0 Å². The maximum atomic E-state index is 12.8. The molecular weight excluding hydrogens is 428 g/mol. The number of carbonyl (C=O) groups excluding carboxylic acids is 1. The predicted molar refractivity (Wildman–Crippen MR) is 118 cm³/mol. The van der Waals surface area contributed by atoms with Gasteiger partial charge in [-0.2, -0.15) is 0 Å². The van der Waals surface area contributed by atoms with E-state index >= 15 is 0 Å². The van der Waals surface area contributed by atoms with Crippen molar-refractivity contribution in [3.8, 4) is 17.1 Å². The second-order valence-corrected chi connectivity index (χ2v) is 7.75. The third-order valence-electron chi connectivity index (χ3n) is 4.47. The lowest BCUT2D eigenvalue weighted by Gasteiger charge is -2.07. The first-order valence-corrected chi connectivity index (χ1v) is 9.97. The number of rotatable bonds is 4. The summed E-state index contributed by atoms with van der Waals surface area (Å²) in [6.07, 6.45) is 0. The molecule has 1 N–H and O–H groups in total. The van der Waals surface area contributed by atoms with Crippen molar-refractivity contribution in [2.75, 3.05) is 5.32 Å². The number of benzene rings is 3. The van der Waals surface area contributed by atoms with Crippen LogP contribution in [0.25, 0.3) is 17.1 Å². The highest BCUT2D eigenvalue weighted by molar-refractivity contribution is 9.10. The summed E-state index contributed by atoms with van der Waals surface area (Å²) in [7, 11) is 0. The van der Waals surface area contributed by atoms with Crippen molar-refractivity contribution in [3.63, 3.8) is 0 Å². The first kappa shape index (κ1) is 19.1. The molecular formula is C23H19BrN4O. The van der Waals surface area contributed by atoms with Gasteiger partial charge in [-0.1, -0.05) is 57.9 Å². The van der Waals surface area contributed by atoms with Gasteiger partial charge < -0.3 is 5.32 Å². The van der Waals surface area contributed by atoms with Crippen LogP contribution in [0.1, 0.15) is 21.7 Å². The molecule has 0 saturated carbocycles. The van der Waals surface area contributed by atoms with E-state index in [0.29, 0.717) is 11.5 Å². The summed E-state index contributed by atoms with van der Waals surface area (Å²) in [5, 5.41) is 7.38. The Kier molecular flexibility index (Phi) is 5.27. The molecule has 0 fully saturated rings. The van der Waals surface area contributed by atoms with Crippen molar-refractivity contribution in [1.82, 2.24) is 14.8 Å². The molecule has 0 aliphatic carbocycles. The highest BCUT2D eigenvalue weighted by atomic mass is 79.9. The molecule has 0 aliphatic heterocycles. The van der Waals surface area contributed by atoms with Gasteiger partial charge in [0.25, 0.3) is 5.91 Å². The smallest absolute Gasteiger partial charge is 0.295 e. The molecule has 1 aromatic heterocycles. The van der Waals surface area contributed by atoms with E-state index < -0.39 is 0 Å². The maximum Gasteiger partial charge on any atom is 0.295 e. The molecule has 1 heterocycles. The van der Waals surface area contributed by atoms with Gasteiger partial charge >= 0.3 is 0 Å². The zero-order valence-electron chi connectivity index (χ0n) is 16.1. The summed E-state index contributed by atoms with van der Waals surface area (Å²) in [6, 6.07) is 23.3. The van der Waals surface area contributed by atoms with E-state index in [9.17, 15) is 4.79 Å². The van der Waals surface area contributed by atoms with Gasteiger partial charge in [0.05, 0.1) is 5.69 Å². The van der Waals surface area contributed by atoms with Crippen molar-refractivity contribution < 1.29 is 4.79 Å². The molecule has 1 amide bonds. The SMILES string of the molecule is Cc1ccc(NC(=O)c2nc(-c3ccc(Br)cc3)n(-c3cccc(C)c3)n2)cc1. The molecule has 4 aromatic rings. The van der Waals surface area contributed by atoms with Gasteiger partial charge in [-0.25, -0.2) is 9.67 Å². The standard InChI is InChI=1S/C23H19BrN4O/c1-15-6-12-19(13-7-15)25-23(29)21-26-22(17-8-10-18(24)11-9-17)28(27-21)20-5-3-4-16(2)14-20/h3-14H,1-2H3,(H,25,29). The Balaban J connectivity index is 1.75. The Bertz CT molecular complexity index is 1160. The Labute approximate surface area is 177 Å². The number of halogens is 1. The largest absolute Gasteiger partial charge is 0.319 e. The molecule has 0 saturated heterocycles. The Morgan fingerprint density at radius 3 is 2.34 bits per heavy atom. The van der Waals surface area contributed by atoms with Crippen LogP contribution in [0, 0.1) is 13.8 Å². The van der Waals surface area contributed by atoms with E-state index in [4.69, 9.17) is 0 Å². The number of aryl methyl sites for hydroxylation is 2. The van der Waals surface area contributed by atoms with Crippen molar-refractivity contribution in [3.05, 3.63) is 94.2 Å². The zero-order valence-corrected chi connectivity index (χ0v) is 17.6. The van der Waals surface area contributed by atoms with Crippen LogP contribution in [0.2, 0.25) is 0 Å². The maximum absolute atomic E-state index is 12.8. The average Bonchev–Trinajstić information content (AvgIpc) is 3.16. The third kappa shape index (κ3) is 4.27. The summed E-state index contributed by atoms with van der Waals surface area (Å²) in [5.74, 6) is 0.376. The normalized spacial score (nSPS) is 10.7. The second-order valence-electron chi connectivity index (χ2n) is 6.84. The highest BCUT2D eigenvalue weighted by Crippen LogP contribution is 2.24. The van der Waals surface area contributed by atoms with Crippen LogP contribution in [-0.4, -0.2) is 20.7 Å². The van der Waals surface area contributed by atoms with Crippen molar-refractivity contribution >= 4 is 27.5 Å². The minimum absolute atomic E-state index is 0.116. The van der Waals surface area contributed by atoms with Gasteiger partial charge in [0.15, 0.2) is 5.82 Å². The fourth-order valence-corrected chi connectivity index (χ4v) is 3.22. The van der Waals surface area contributed by atoms with Crippen LogP contribution >= 0.6 is 15.9 Å². The first-order chi connectivity index (χ1) is 14.0. The van der Waals surface area contributed by atoms with Crippen LogP contribution in [0.15, 0.2) is 77.3 Å². The Morgan fingerprint density at radius 2 is 1.66 bits per heavy atom. The lowest BCUT2D eigenvalue weighted by Crippen LogP contribution is -2.14. The van der Waals surface area contributed by atoms with Crippen LogP contribution in [0.3, 0.4) is 0 Å². The van der Waals surface area contributed by atoms with Crippen molar-refractivity contribution in [1.29, 1.82) is 0 Å². The lowest BCUT2D eigenvalue weighted by atomic mass is 10.2. The number of hydrogen-bond donors (Lipinski definition) is 1. The van der Waals surface area contributed by atoms with Gasteiger partial charge in [0, 0.05) is 15.7 Å². The van der Waals surface area contributed by atoms with Gasteiger partial charge in [-0.05, 0) is 55.8 Å². The number of aromatic nitrogens is 3. The quantitative estimate of drug-likeness (QED) is 0.445. The molecule has 0 aliphatic rings. The number of anilines is 1. The van der Waals surface area contributed by atoms with E-state index in [1.54, 1.807) is 4.68 Å². The molecule has 0 atom stereocenters. The summed E-state index contributed by atoms with van der Waals surface area (Å²) in [6.45, 7) is 4.02. The molecule has 4 rings (SSSR count). The minimum Gasteiger partial charge on any atom is -0.319 e. The lowest BCUT2D eigenvalue weighted by molar-refractivity contribution is 0.101. The van der Waals surface area contributed by atoms with Gasteiger partial charge in [-0.3, -0.25) is 4.79 Å². The summed E-state index contributed by atoms with van der Waals surface area (Å²) < 4.78 is 2.68. The molecule has 0 bridgehead atoms. The molecule has 5 nitrogen and oxygen atoms in total. The van der Waals surface area contributed by atoms with Crippen molar-refractivity contribution in [2.45, 2.75) is 13.8 Å². The fourth-order valence-electron chi connectivity index (χ4n) is 2.96. The molecule has 29 heavy (non-hydrogen) atoms. The topological polar surface area (TPSA) is 59.8 Å². The summed E-state index contributed by atoms with van der Waals surface area (Å²) >= 11 is 3.45. The first-order valence-electron chi connectivity index (χ1n) is 9.18. The Morgan fingerprint density at radius 1 is 0.931 bits per heavy atom. The minimum atomic E-state index is -0.349. The zero-order chi connectivity index (χ0) is 20.4. The van der Waals surface area contributed by atoms with E-state index in [1.165, 1.54) is 0 Å². The number of hydrogen-bond acceptors (Lipinski definition) is 3.